The maximum Gasteiger partial charge on any atom is 0.265 e. The quantitative estimate of drug-likeness (QED) is 0.534. The van der Waals surface area contributed by atoms with E-state index in [1.165, 1.54) is 38.4 Å². The zero-order valence-electron chi connectivity index (χ0n) is 17.8. The molecule has 3 aromatic rings. The summed E-state index contributed by atoms with van der Waals surface area (Å²) in [5.41, 5.74) is 2.90. The largest absolute Gasteiger partial charge is 0.344 e. The van der Waals surface area contributed by atoms with Gasteiger partial charge in [-0.15, -0.1) is 21.5 Å². The predicted molar refractivity (Wildman–Crippen MR) is 123 cm³/mol. The van der Waals surface area contributed by atoms with Gasteiger partial charge < -0.3 is 14.8 Å². The van der Waals surface area contributed by atoms with Crippen LogP contribution in [0.3, 0.4) is 0 Å². The molecular formula is C19H24N6O2S3. The molecule has 0 bridgehead atoms. The van der Waals surface area contributed by atoms with Crippen molar-refractivity contribution in [2.75, 3.05) is 25.2 Å². The SMILES string of the molecule is CCn1c(SCC(=O)Nc2nc(C)c(C(=O)N(C)C)s2)nnc1-c1csc(C)c1C. The lowest BCUT2D eigenvalue weighted by Gasteiger charge is -2.08. The van der Waals surface area contributed by atoms with Gasteiger partial charge in [-0.05, 0) is 33.3 Å². The number of hydrogen-bond donors (Lipinski definition) is 1. The van der Waals surface area contributed by atoms with Crippen LogP contribution >= 0.6 is 34.4 Å². The number of aryl methyl sites for hydroxylation is 2. The Bertz CT molecular complexity index is 1080. The van der Waals surface area contributed by atoms with Gasteiger partial charge in [0.15, 0.2) is 16.1 Å². The molecular weight excluding hydrogens is 440 g/mol. The van der Waals surface area contributed by atoms with Gasteiger partial charge in [-0.2, -0.15) is 0 Å². The third-order valence-corrected chi connectivity index (χ3v) is 7.58. The van der Waals surface area contributed by atoms with Crippen LogP contribution in [-0.2, 0) is 11.3 Å². The number of aromatic nitrogens is 4. The van der Waals surface area contributed by atoms with E-state index in [1.807, 2.05) is 11.5 Å². The van der Waals surface area contributed by atoms with Crippen LogP contribution in [0.1, 0.15) is 32.7 Å². The molecule has 3 heterocycles. The lowest BCUT2D eigenvalue weighted by Crippen LogP contribution is -2.21. The molecule has 0 aromatic carbocycles. The summed E-state index contributed by atoms with van der Waals surface area (Å²) in [5.74, 6) is 0.675. The van der Waals surface area contributed by atoms with Crippen LogP contribution in [0.25, 0.3) is 11.4 Å². The second-order valence-electron chi connectivity index (χ2n) is 6.85. The molecule has 0 aliphatic rings. The van der Waals surface area contributed by atoms with Gasteiger partial charge in [0.25, 0.3) is 5.91 Å². The maximum absolute atomic E-state index is 12.4. The van der Waals surface area contributed by atoms with Crippen molar-refractivity contribution < 1.29 is 9.59 Å². The zero-order chi connectivity index (χ0) is 22.0. The molecule has 0 aliphatic heterocycles. The Morgan fingerprint density at radius 2 is 1.97 bits per heavy atom. The van der Waals surface area contributed by atoms with E-state index >= 15 is 0 Å². The Balaban J connectivity index is 1.68. The van der Waals surface area contributed by atoms with Gasteiger partial charge in [0.05, 0.1) is 11.4 Å². The van der Waals surface area contributed by atoms with Crippen LogP contribution in [0, 0.1) is 20.8 Å². The Labute approximate surface area is 187 Å². The van der Waals surface area contributed by atoms with Gasteiger partial charge in [-0.3, -0.25) is 9.59 Å². The molecule has 0 aliphatic carbocycles. The number of carbonyl (C=O) groups excluding carboxylic acids is 2. The average molecular weight is 465 g/mol. The molecule has 11 heteroatoms. The summed E-state index contributed by atoms with van der Waals surface area (Å²) in [6, 6.07) is 0. The van der Waals surface area contributed by atoms with E-state index in [4.69, 9.17) is 0 Å². The second-order valence-corrected chi connectivity index (χ2v) is 9.88. The number of hydrogen-bond acceptors (Lipinski definition) is 8. The van der Waals surface area contributed by atoms with Crippen LogP contribution in [0.4, 0.5) is 5.13 Å². The number of anilines is 1. The third kappa shape index (κ3) is 4.57. The van der Waals surface area contributed by atoms with E-state index in [9.17, 15) is 9.59 Å². The molecule has 0 saturated heterocycles. The van der Waals surface area contributed by atoms with Crippen LogP contribution in [0.5, 0.6) is 0 Å². The molecule has 1 N–H and O–H groups in total. The summed E-state index contributed by atoms with van der Waals surface area (Å²) >= 11 is 4.21. The van der Waals surface area contributed by atoms with Crippen molar-refractivity contribution >= 4 is 51.4 Å². The number of rotatable bonds is 7. The molecule has 3 aromatic heterocycles. The molecule has 0 radical (unpaired) electrons. The maximum atomic E-state index is 12.4. The van der Waals surface area contributed by atoms with E-state index in [-0.39, 0.29) is 17.6 Å². The fourth-order valence-electron chi connectivity index (χ4n) is 2.75. The van der Waals surface area contributed by atoms with E-state index in [2.05, 4.69) is 39.7 Å². The van der Waals surface area contributed by atoms with Gasteiger partial charge >= 0.3 is 0 Å². The first kappa shape index (κ1) is 22.4. The first-order valence-electron chi connectivity index (χ1n) is 9.32. The number of thiophene rings is 1. The number of thioether (sulfide) groups is 1. The highest BCUT2D eigenvalue weighted by atomic mass is 32.2. The lowest BCUT2D eigenvalue weighted by molar-refractivity contribution is -0.113. The molecule has 0 saturated carbocycles. The molecule has 3 rings (SSSR count). The number of nitrogens with zero attached hydrogens (tertiary/aromatic N) is 5. The molecule has 0 atom stereocenters. The van der Waals surface area contributed by atoms with E-state index in [0.717, 1.165) is 11.4 Å². The van der Waals surface area contributed by atoms with E-state index in [0.29, 0.717) is 27.4 Å². The summed E-state index contributed by atoms with van der Waals surface area (Å²) in [5, 5.41) is 14.6. The minimum Gasteiger partial charge on any atom is -0.344 e. The van der Waals surface area contributed by atoms with Crippen molar-refractivity contribution in [3.63, 3.8) is 0 Å². The predicted octanol–water partition coefficient (Wildman–Crippen LogP) is 3.84. The molecule has 8 nitrogen and oxygen atoms in total. The number of nitrogens with one attached hydrogen (secondary N) is 1. The molecule has 0 spiro atoms. The summed E-state index contributed by atoms with van der Waals surface area (Å²) < 4.78 is 2.02. The smallest absolute Gasteiger partial charge is 0.265 e. The zero-order valence-corrected chi connectivity index (χ0v) is 20.2. The number of amides is 2. The molecule has 0 fully saturated rings. The Morgan fingerprint density at radius 3 is 2.57 bits per heavy atom. The fraction of sp³-hybridized carbons (Fsp3) is 0.421. The standard InChI is InChI=1S/C19H24N6O2S3/c1-7-25-16(13-8-28-12(4)10(13)2)22-23-19(25)29-9-14(26)21-18-20-11(3)15(30-18)17(27)24(5)6/h8H,7,9H2,1-6H3,(H,20,21,26). The highest BCUT2D eigenvalue weighted by Crippen LogP contribution is 2.31. The van der Waals surface area contributed by atoms with E-state index in [1.54, 1.807) is 32.4 Å². The van der Waals surface area contributed by atoms with Crippen LogP contribution in [-0.4, -0.2) is 56.3 Å². The summed E-state index contributed by atoms with van der Waals surface area (Å²) in [6.07, 6.45) is 0. The summed E-state index contributed by atoms with van der Waals surface area (Å²) in [6.45, 7) is 8.68. The first-order valence-corrected chi connectivity index (χ1v) is 12.0. The van der Waals surface area contributed by atoms with Crippen molar-refractivity contribution in [1.29, 1.82) is 0 Å². The molecule has 2 amide bonds. The minimum atomic E-state index is -0.202. The summed E-state index contributed by atoms with van der Waals surface area (Å²) in [7, 11) is 3.38. The van der Waals surface area contributed by atoms with Gasteiger partial charge in [0, 0.05) is 36.5 Å². The Morgan fingerprint density at radius 1 is 1.23 bits per heavy atom. The monoisotopic (exact) mass is 464 g/mol. The summed E-state index contributed by atoms with van der Waals surface area (Å²) in [4.78, 5) is 32.2. The van der Waals surface area contributed by atoms with Crippen LogP contribution in [0.15, 0.2) is 10.5 Å². The third-order valence-electron chi connectivity index (χ3n) is 4.54. The van der Waals surface area contributed by atoms with Crippen molar-refractivity contribution in [3.8, 4) is 11.4 Å². The lowest BCUT2D eigenvalue weighted by atomic mass is 10.1. The first-order chi connectivity index (χ1) is 14.2. The van der Waals surface area contributed by atoms with Crippen LogP contribution in [0.2, 0.25) is 0 Å². The average Bonchev–Trinajstić information content (AvgIpc) is 3.37. The van der Waals surface area contributed by atoms with Gasteiger partial charge in [-0.25, -0.2) is 4.98 Å². The van der Waals surface area contributed by atoms with Crippen molar-refractivity contribution in [1.82, 2.24) is 24.6 Å². The highest BCUT2D eigenvalue weighted by molar-refractivity contribution is 7.99. The van der Waals surface area contributed by atoms with Gasteiger partial charge in [0.1, 0.15) is 4.88 Å². The Hall–Kier alpha value is -2.24. The topological polar surface area (TPSA) is 93.0 Å². The Kier molecular flexibility index (Phi) is 6.94. The highest BCUT2D eigenvalue weighted by Gasteiger charge is 2.20. The van der Waals surface area contributed by atoms with Gasteiger partial charge in [0.2, 0.25) is 5.91 Å². The second kappa shape index (κ2) is 9.27. The van der Waals surface area contributed by atoms with Crippen LogP contribution < -0.4 is 5.32 Å². The normalized spacial score (nSPS) is 11.0. The molecule has 0 unspecified atom stereocenters. The van der Waals surface area contributed by atoms with Crippen molar-refractivity contribution in [2.24, 2.45) is 0 Å². The van der Waals surface area contributed by atoms with Crippen molar-refractivity contribution in [2.45, 2.75) is 39.4 Å². The van der Waals surface area contributed by atoms with Gasteiger partial charge in [-0.1, -0.05) is 23.1 Å². The number of carbonyl (C=O) groups is 2. The number of thiazole rings is 1. The fourth-order valence-corrected chi connectivity index (χ4v) is 5.42. The molecule has 30 heavy (non-hydrogen) atoms. The van der Waals surface area contributed by atoms with Crippen molar-refractivity contribution in [3.05, 3.63) is 26.4 Å². The molecule has 160 valence electrons. The minimum absolute atomic E-state index is 0.123. The van der Waals surface area contributed by atoms with E-state index < -0.39 is 0 Å².